The minimum absolute atomic E-state index is 0.0613. The average molecular weight is 473 g/mol. The van der Waals surface area contributed by atoms with Gasteiger partial charge in [0, 0.05) is 36.3 Å². The fourth-order valence-corrected chi connectivity index (χ4v) is 4.19. The first-order valence-corrected chi connectivity index (χ1v) is 11.5. The number of piperazine rings is 1. The molecule has 0 bridgehead atoms. The Bertz CT molecular complexity index is 1060. The lowest BCUT2D eigenvalue weighted by Gasteiger charge is -2.40. The summed E-state index contributed by atoms with van der Waals surface area (Å²) >= 11 is 6.03. The van der Waals surface area contributed by atoms with Gasteiger partial charge in [-0.1, -0.05) is 31.0 Å². The van der Waals surface area contributed by atoms with Crippen LogP contribution in [0, 0.1) is 6.92 Å². The third-order valence-corrected chi connectivity index (χ3v) is 5.75. The highest BCUT2D eigenvalue weighted by molar-refractivity contribution is 6.31. The van der Waals surface area contributed by atoms with E-state index >= 15 is 0 Å². The molecule has 1 aromatic carbocycles. The Morgan fingerprint density at radius 1 is 1.15 bits per heavy atom. The summed E-state index contributed by atoms with van der Waals surface area (Å²) in [5.41, 5.74) is 1.23. The van der Waals surface area contributed by atoms with Gasteiger partial charge in [0.05, 0.1) is 12.3 Å². The second kappa shape index (κ2) is 10.7. The molecule has 3 rings (SSSR count). The van der Waals surface area contributed by atoms with E-state index in [1.807, 2.05) is 13.8 Å². The molecule has 1 unspecified atom stereocenters. The molecule has 8 nitrogen and oxygen atoms in total. The maximum atomic E-state index is 13.5. The normalized spacial score (nSPS) is 16.0. The molecular formula is C24H29ClN4O4. The van der Waals surface area contributed by atoms with Crippen molar-refractivity contribution in [3.63, 3.8) is 0 Å². The first-order chi connectivity index (χ1) is 15.8. The number of benzene rings is 1. The third-order valence-electron chi connectivity index (χ3n) is 5.51. The first-order valence-electron chi connectivity index (χ1n) is 11.2. The Labute approximate surface area is 198 Å². The predicted molar refractivity (Wildman–Crippen MR) is 125 cm³/mol. The molecule has 2 aromatic rings. The number of hydrogen-bond acceptors (Lipinski definition) is 6. The Hall–Kier alpha value is -3.00. The van der Waals surface area contributed by atoms with Crippen molar-refractivity contribution >= 4 is 29.4 Å². The van der Waals surface area contributed by atoms with Crippen LogP contribution in [0.5, 0.6) is 0 Å². The molecule has 2 amide bonds. The maximum Gasteiger partial charge on any atom is 0.342 e. The summed E-state index contributed by atoms with van der Waals surface area (Å²) in [5.74, 6) is -0.653. The molecule has 1 atom stereocenters. The number of halogens is 1. The highest BCUT2D eigenvalue weighted by Crippen LogP contribution is 2.21. The number of nitrogens with zero attached hydrogens (tertiary/aromatic N) is 4. The van der Waals surface area contributed by atoms with Crippen LogP contribution in [0.4, 0.5) is 0 Å². The zero-order valence-electron chi connectivity index (χ0n) is 19.4. The van der Waals surface area contributed by atoms with Gasteiger partial charge in [0.2, 0.25) is 0 Å². The van der Waals surface area contributed by atoms with Crippen LogP contribution in [0.2, 0.25) is 5.02 Å². The highest BCUT2D eigenvalue weighted by atomic mass is 35.5. The molecule has 0 spiro atoms. The summed E-state index contributed by atoms with van der Waals surface area (Å²) in [4.78, 5) is 51.3. The van der Waals surface area contributed by atoms with Crippen molar-refractivity contribution in [2.75, 3.05) is 26.2 Å². The number of aryl methyl sites for hydroxylation is 2. The van der Waals surface area contributed by atoms with Gasteiger partial charge in [-0.3, -0.25) is 9.59 Å². The molecule has 2 heterocycles. The second-order valence-corrected chi connectivity index (χ2v) is 8.46. The minimum Gasteiger partial charge on any atom is -0.462 e. The second-order valence-electron chi connectivity index (χ2n) is 8.02. The Morgan fingerprint density at radius 2 is 1.91 bits per heavy atom. The van der Waals surface area contributed by atoms with Gasteiger partial charge >= 0.3 is 5.97 Å². The average Bonchev–Trinajstić information content (AvgIpc) is 2.78. The summed E-state index contributed by atoms with van der Waals surface area (Å²) in [7, 11) is 0. The van der Waals surface area contributed by atoms with Crippen molar-refractivity contribution < 1.29 is 19.1 Å². The van der Waals surface area contributed by atoms with E-state index in [1.165, 1.54) is 0 Å². The fourth-order valence-electron chi connectivity index (χ4n) is 4.00. The van der Waals surface area contributed by atoms with E-state index in [9.17, 15) is 14.4 Å². The van der Waals surface area contributed by atoms with Gasteiger partial charge < -0.3 is 14.5 Å². The SMILES string of the molecule is CCCc1nc(C)nc(C(=O)N2CCN(C(=O)c3cccc(Cl)c3)C(C)C2)c1C(=O)OCC. The maximum absolute atomic E-state index is 13.5. The van der Waals surface area contributed by atoms with Gasteiger partial charge in [-0.15, -0.1) is 0 Å². The van der Waals surface area contributed by atoms with Gasteiger partial charge in [0.1, 0.15) is 17.1 Å². The molecule has 0 N–H and O–H groups in total. The van der Waals surface area contributed by atoms with Crippen LogP contribution < -0.4 is 0 Å². The summed E-state index contributed by atoms with van der Waals surface area (Å²) < 4.78 is 5.21. The molecule has 1 fully saturated rings. The van der Waals surface area contributed by atoms with Crippen molar-refractivity contribution in [3.05, 3.63) is 57.6 Å². The van der Waals surface area contributed by atoms with E-state index in [0.717, 1.165) is 6.42 Å². The van der Waals surface area contributed by atoms with Crippen LogP contribution in [0.3, 0.4) is 0 Å². The van der Waals surface area contributed by atoms with E-state index in [-0.39, 0.29) is 35.7 Å². The smallest absolute Gasteiger partial charge is 0.342 e. The lowest BCUT2D eigenvalue weighted by Crippen LogP contribution is -2.55. The molecule has 176 valence electrons. The number of hydrogen-bond donors (Lipinski definition) is 0. The standard InChI is InChI=1S/C24H29ClN4O4/c1-5-8-19-20(24(32)33-6-2)21(27-16(4)26-19)23(31)28-11-12-29(15(3)14-28)22(30)17-9-7-10-18(25)13-17/h7,9-10,13,15H,5-6,8,11-12,14H2,1-4H3. The van der Waals surface area contributed by atoms with Gasteiger partial charge in [0.25, 0.3) is 11.8 Å². The number of esters is 1. The van der Waals surface area contributed by atoms with Crippen molar-refractivity contribution in [3.8, 4) is 0 Å². The summed E-state index contributed by atoms with van der Waals surface area (Å²) in [5, 5.41) is 0.496. The molecular weight excluding hydrogens is 444 g/mol. The molecule has 33 heavy (non-hydrogen) atoms. The van der Waals surface area contributed by atoms with Crippen LogP contribution in [0.15, 0.2) is 24.3 Å². The van der Waals surface area contributed by atoms with Gasteiger partial charge in [-0.05, 0) is 45.4 Å². The van der Waals surface area contributed by atoms with Crippen LogP contribution >= 0.6 is 11.6 Å². The lowest BCUT2D eigenvalue weighted by atomic mass is 10.0. The van der Waals surface area contributed by atoms with E-state index < -0.39 is 5.97 Å². The Morgan fingerprint density at radius 3 is 2.55 bits per heavy atom. The predicted octanol–water partition coefficient (Wildman–Crippen LogP) is 3.55. The summed E-state index contributed by atoms with van der Waals surface area (Å²) in [6, 6.07) is 6.60. The molecule has 1 aromatic heterocycles. The van der Waals surface area contributed by atoms with Gasteiger partial charge in [-0.25, -0.2) is 14.8 Å². The topological polar surface area (TPSA) is 92.7 Å². The molecule has 0 radical (unpaired) electrons. The highest BCUT2D eigenvalue weighted by Gasteiger charge is 2.34. The van der Waals surface area contributed by atoms with Crippen LogP contribution in [0.25, 0.3) is 0 Å². The van der Waals surface area contributed by atoms with E-state index in [2.05, 4.69) is 9.97 Å². The van der Waals surface area contributed by atoms with Crippen LogP contribution in [-0.4, -0.2) is 69.8 Å². The lowest BCUT2D eigenvalue weighted by molar-refractivity contribution is 0.0405. The van der Waals surface area contributed by atoms with Crippen LogP contribution in [-0.2, 0) is 11.2 Å². The Kier molecular flexibility index (Phi) is 8.02. The number of rotatable bonds is 6. The Balaban J connectivity index is 1.85. The van der Waals surface area contributed by atoms with Gasteiger partial charge in [0.15, 0.2) is 0 Å². The number of ether oxygens (including phenoxy) is 1. The fraction of sp³-hybridized carbons (Fsp3) is 0.458. The molecule has 0 aliphatic carbocycles. The van der Waals surface area contributed by atoms with Crippen molar-refractivity contribution in [1.82, 2.24) is 19.8 Å². The van der Waals surface area contributed by atoms with Crippen molar-refractivity contribution in [2.24, 2.45) is 0 Å². The molecule has 1 aliphatic rings. The molecule has 0 saturated carbocycles. The first kappa shape index (κ1) is 24.6. The number of carbonyl (C=O) groups excluding carboxylic acids is 3. The third kappa shape index (κ3) is 5.50. The minimum atomic E-state index is -0.591. The molecule has 1 aliphatic heterocycles. The summed E-state index contributed by atoms with van der Waals surface area (Å²) in [6.45, 7) is 8.48. The van der Waals surface area contributed by atoms with E-state index in [4.69, 9.17) is 16.3 Å². The monoisotopic (exact) mass is 472 g/mol. The van der Waals surface area contributed by atoms with Crippen molar-refractivity contribution in [2.45, 2.75) is 46.6 Å². The number of carbonyl (C=O) groups is 3. The van der Waals surface area contributed by atoms with Gasteiger partial charge in [-0.2, -0.15) is 0 Å². The van der Waals surface area contributed by atoms with E-state index in [1.54, 1.807) is 47.9 Å². The zero-order chi connectivity index (χ0) is 24.1. The largest absolute Gasteiger partial charge is 0.462 e. The summed E-state index contributed by atoms with van der Waals surface area (Å²) in [6.07, 6.45) is 1.30. The molecule has 1 saturated heterocycles. The zero-order valence-corrected chi connectivity index (χ0v) is 20.2. The number of aromatic nitrogens is 2. The van der Waals surface area contributed by atoms with E-state index in [0.29, 0.717) is 48.2 Å². The van der Waals surface area contributed by atoms with Crippen molar-refractivity contribution in [1.29, 1.82) is 0 Å². The molecule has 9 heteroatoms. The number of amides is 2. The van der Waals surface area contributed by atoms with Crippen LogP contribution in [0.1, 0.15) is 69.9 Å². The quantitative estimate of drug-likeness (QED) is 0.597.